The largest absolute Gasteiger partial charge is 0.465 e. The zero-order chi connectivity index (χ0) is 14.2. The molecule has 2 N–H and O–H groups in total. The summed E-state index contributed by atoms with van der Waals surface area (Å²) in [5, 5.41) is 10.9. The summed E-state index contributed by atoms with van der Waals surface area (Å²) >= 11 is 0. The lowest BCUT2D eigenvalue weighted by Gasteiger charge is -2.27. The zero-order valence-corrected chi connectivity index (χ0v) is 10.6. The van der Waals surface area contributed by atoms with Crippen molar-refractivity contribution in [2.24, 2.45) is 0 Å². The Bertz CT molecular complexity index is 520. The van der Waals surface area contributed by atoms with E-state index in [0.29, 0.717) is 11.1 Å². The quantitative estimate of drug-likeness (QED) is 0.804. The van der Waals surface area contributed by atoms with Gasteiger partial charge in [-0.05, 0) is 26.0 Å². The van der Waals surface area contributed by atoms with Crippen molar-refractivity contribution in [3.05, 3.63) is 35.4 Å². The average molecular weight is 262 g/mol. The molecule has 1 aromatic carbocycles. The number of nitrogens with zero attached hydrogens (tertiary/aromatic N) is 1. The summed E-state index contributed by atoms with van der Waals surface area (Å²) in [4.78, 5) is 36.1. The van der Waals surface area contributed by atoms with Crippen molar-refractivity contribution in [2.75, 3.05) is 0 Å². The molecule has 0 aliphatic carbocycles. The number of carbonyl (C=O) groups is 3. The maximum absolute atomic E-state index is 12.2. The van der Waals surface area contributed by atoms with Gasteiger partial charge < -0.3 is 10.4 Å². The van der Waals surface area contributed by atoms with Gasteiger partial charge in [0.05, 0.1) is 23.2 Å². The van der Waals surface area contributed by atoms with Crippen molar-refractivity contribution in [3.63, 3.8) is 0 Å². The second-order valence-corrected chi connectivity index (χ2v) is 4.50. The molecule has 0 radical (unpaired) electrons. The molecule has 0 spiro atoms. The Labute approximate surface area is 110 Å². The number of benzene rings is 1. The fraction of sp³-hybridized carbons (Fsp3) is 0.308. The second kappa shape index (κ2) is 4.72. The van der Waals surface area contributed by atoms with Crippen LogP contribution in [0.3, 0.4) is 0 Å². The van der Waals surface area contributed by atoms with Gasteiger partial charge >= 0.3 is 6.09 Å². The Morgan fingerprint density at radius 2 is 1.63 bits per heavy atom. The van der Waals surface area contributed by atoms with E-state index in [1.54, 1.807) is 38.1 Å². The van der Waals surface area contributed by atoms with Gasteiger partial charge in [-0.3, -0.25) is 14.5 Å². The van der Waals surface area contributed by atoms with Crippen molar-refractivity contribution in [1.82, 2.24) is 10.2 Å². The van der Waals surface area contributed by atoms with Crippen LogP contribution in [0.4, 0.5) is 4.79 Å². The number of hydrogen-bond donors (Lipinski definition) is 2. The fourth-order valence-electron chi connectivity index (χ4n) is 2.12. The Morgan fingerprint density at radius 1 is 1.16 bits per heavy atom. The third-order valence-corrected chi connectivity index (χ3v) is 3.31. The molecule has 100 valence electrons. The van der Waals surface area contributed by atoms with E-state index >= 15 is 0 Å². The van der Waals surface area contributed by atoms with Crippen molar-refractivity contribution in [1.29, 1.82) is 0 Å². The molecule has 1 aliphatic heterocycles. The van der Waals surface area contributed by atoms with E-state index in [-0.39, 0.29) is 11.8 Å². The third-order valence-electron chi connectivity index (χ3n) is 3.31. The molecule has 1 aliphatic rings. The molecule has 3 amide bonds. The highest BCUT2D eigenvalue weighted by atomic mass is 16.4. The number of nitrogens with one attached hydrogen (secondary N) is 1. The fourth-order valence-corrected chi connectivity index (χ4v) is 2.12. The highest BCUT2D eigenvalue weighted by molar-refractivity contribution is 6.21. The molecular formula is C13H14N2O4. The van der Waals surface area contributed by atoms with Gasteiger partial charge in [-0.1, -0.05) is 12.1 Å². The molecule has 0 aromatic heterocycles. The number of amides is 3. The van der Waals surface area contributed by atoms with Crippen LogP contribution < -0.4 is 5.32 Å². The van der Waals surface area contributed by atoms with Gasteiger partial charge in [-0.2, -0.15) is 0 Å². The Balaban J connectivity index is 2.26. The molecular weight excluding hydrogens is 248 g/mol. The standard InChI is InChI=1S/C13H14N2O4/c1-7(14-13(18)19)8(2)15-11(16)9-5-3-4-6-10(9)12(15)17/h3-8,14H,1-2H3,(H,18,19)/t7-,8?/m0/s1. The maximum Gasteiger partial charge on any atom is 0.404 e. The van der Waals surface area contributed by atoms with Gasteiger partial charge in [-0.15, -0.1) is 0 Å². The van der Waals surface area contributed by atoms with Crippen LogP contribution in [0.15, 0.2) is 24.3 Å². The molecule has 1 aromatic rings. The van der Waals surface area contributed by atoms with Crippen LogP contribution >= 0.6 is 0 Å². The summed E-state index contributed by atoms with van der Waals surface area (Å²) in [6.45, 7) is 3.25. The molecule has 2 rings (SSSR count). The molecule has 0 bridgehead atoms. The van der Waals surface area contributed by atoms with E-state index in [1.165, 1.54) is 0 Å². The average Bonchev–Trinajstić information content (AvgIpc) is 2.61. The topological polar surface area (TPSA) is 86.7 Å². The van der Waals surface area contributed by atoms with Crippen LogP contribution in [-0.2, 0) is 0 Å². The van der Waals surface area contributed by atoms with Crippen LogP contribution in [-0.4, -0.2) is 40.0 Å². The molecule has 0 fully saturated rings. The number of carboxylic acid groups (broad SMARTS) is 1. The van der Waals surface area contributed by atoms with Crippen molar-refractivity contribution in [3.8, 4) is 0 Å². The second-order valence-electron chi connectivity index (χ2n) is 4.50. The SMILES string of the molecule is CC([C@H](C)NC(=O)O)N1C(=O)c2ccccc2C1=O. The lowest BCUT2D eigenvalue weighted by Crippen LogP contribution is -2.50. The summed E-state index contributed by atoms with van der Waals surface area (Å²) in [5.74, 6) is -0.765. The normalized spacial score (nSPS) is 17.1. The van der Waals surface area contributed by atoms with Crippen LogP contribution in [0.2, 0.25) is 0 Å². The molecule has 1 heterocycles. The minimum atomic E-state index is -1.18. The molecule has 2 atom stereocenters. The smallest absolute Gasteiger partial charge is 0.404 e. The Morgan fingerprint density at radius 3 is 2.05 bits per heavy atom. The van der Waals surface area contributed by atoms with Crippen LogP contribution in [0.5, 0.6) is 0 Å². The Hall–Kier alpha value is -2.37. The first-order valence-electron chi connectivity index (χ1n) is 5.90. The van der Waals surface area contributed by atoms with E-state index in [1.807, 2.05) is 0 Å². The highest BCUT2D eigenvalue weighted by Gasteiger charge is 2.39. The third kappa shape index (κ3) is 2.16. The van der Waals surface area contributed by atoms with E-state index < -0.39 is 18.2 Å². The lowest BCUT2D eigenvalue weighted by atomic mass is 10.1. The van der Waals surface area contributed by atoms with Crippen molar-refractivity contribution < 1.29 is 19.5 Å². The summed E-state index contributed by atoms with van der Waals surface area (Å²) in [7, 11) is 0. The number of carbonyl (C=O) groups excluding carboxylic acids is 2. The Kier molecular flexibility index (Phi) is 3.25. The molecule has 19 heavy (non-hydrogen) atoms. The molecule has 6 heteroatoms. The van der Waals surface area contributed by atoms with Gasteiger partial charge in [0.2, 0.25) is 0 Å². The summed E-state index contributed by atoms with van der Waals surface area (Å²) in [5.41, 5.74) is 0.726. The van der Waals surface area contributed by atoms with Crippen molar-refractivity contribution in [2.45, 2.75) is 25.9 Å². The van der Waals surface area contributed by atoms with E-state index in [4.69, 9.17) is 5.11 Å². The first-order chi connectivity index (χ1) is 8.93. The van der Waals surface area contributed by atoms with Gasteiger partial charge in [0.1, 0.15) is 0 Å². The molecule has 1 unspecified atom stereocenters. The lowest BCUT2D eigenvalue weighted by molar-refractivity contribution is 0.0566. The summed E-state index contributed by atoms with van der Waals surface area (Å²) in [6, 6.07) is 5.48. The van der Waals surface area contributed by atoms with Crippen LogP contribution in [0.1, 0.15) is 34.6 Å². The van der Waals surface area contributed by atoms with Gasteiger partial charge in [0.15, 0.2) is 0 Å². The predicted molar refractivity (Wildman–Crippen MR) is 67.0 cm³/mol. The van der Waals surface area contributed by atoms with Gasteiger partial charge in [0, 0.05) is 0 Å². The van der Waals surface area contributed by atoms with Crippen LogP contribution in [0.25, 0.3) is 0 Å². The maximum atomic E-state index is 12.2. The molecule has 0 saturated carbocycles. The monoisotopic (exact) mass is 262 g/mol. The number of hydrogen-bond acceptors (Lipinski definition) is 3. The van der Waals surface area contributed by atoms with Gasteiger partial charge in [-0.25, -0.2) is 4.79 Å². The number of imide groups is 1. The minimum absolute atomic E-state index is 0.363. The first kappa shape index (κ1) is 13.1. The number of rotatable bonds is 3. The first-order valence-corrected chi connectivity index (χ1v) is 5.90. The van der Waals surface area contributed by atoms with E-state index in [0.717, 1.165) is 4.90 Å². The van der Waals surface area contributed by atoms with Crippen molar-refractivity contribution >= 4 is 17.9 Å². The summed E-state index contributed by atoms with van der Waals surface area (Å²) in [6.07, 6.45) is -1.18. The number of fused-ring (bicyclic) bond motifs is 1. The predicted octanol–water partition coefficient (Wildman–Crippen LogP) is 1.33. The van der Waals surface area contributed by atoms with E-state index in [2.05, 4.69) is 5.32 Å². The van der Waals surface area contributed by atoms with Gasteiger partial charge in [0.25, 0.3) is 11.8 Å². The van der Waals surface area contributed by atoms with Crippen LogP contribution in [0, 0.1) is 0 Å². The summed E-state index contributed by atoms with van der Waals surface area (Å²) < 4.78 is 0. The minimum Gasteiger partial charge on any atom is -0.465 e. The van der Waals surface area contributed by atoms with E-state index in [9.17, 15) is 14.4 Å². The molecule has 0 saturated heterocycles. The zero-order valence-electron chi connectivity index (χ0n) is 10.6. The highest BCUT2D eigenvalue weighted by Crippen LogP contribution is 2.25. The molecule has 6 nitrogen and oxygen atoms in total.